The van der Waals surface area contributed by atoms with Gasteiger partial charge in [0, 0.05) is 29.4 Å². The lowest BCUT2D eigenvalue weighted by Gasteiger charge is -2.24. The van der Waals surface area contributed by atoms with Crippen LogP contribution in [0.5, 0.6) is 0 Å². The van der Waals surface area contributed by atoms with Gasteiger partial charge in [0.2, 0.25) is 0 Å². The summed E-state index contributed by atoms with van der Waals surface area (Å²) in [6.07, 6.45) is 1.90. The van der Waals surface area contributed by atoms with Crippen molar-refractivity contribution in [3.63, 3.8) is 0 Å². The summed E-state index contributed by atoms with van der Waals surface area (Å²) in [4.78, 5) is 2.29. The Morgan fingerprint density at radius 1 is 0.867 bits per heavy atom. The molecule has 4 nitrogen and oxygen atoms in total. The summed E-state index contributed by atoms with van der Waals surface area (Å²) in [5.41, 5.74) is 4.21. The molecular formula is C25H24N2O2S. The number of rotatable bonds is 4. The molecule has 0 fully saturated rings. The van der Waals surface area contributed by atoms with E-state index in [9.17, 15) is 8.42 Å². The Bertz CT molecular complexity index is 1230. The first-order chi connectivity index (χ1) is 14.3. The molecule has 0 amide bonds. The highest BCUT2D eigenvalue weighted by molar-refractivity contribution is 7.90. The van der Waals surface area contributed by atoms with Crippen LogP contribution in [0.15, 0.2) is 106 Å². The van der Waals surface area contributed by atoms with Gasteiger partial charge in [-0.3, -0.25) is 0 Å². The number of allylic oxidation sites excluding steroid dienone is 2. The summed E-state index contributed by atoms with van der Waals surface area (Å²) in [5, 5.41) is 0. The molecule has 3 aromatic rings. The van der Waals surface area contributed by atoms with E-state index in [-0.39, 0.29) is 10.3 Å². The van der Waals surface area contributed by atoms with E-state index in [4.69, 9.17) is 0 Å². The van der Waals surface area contributed by atoms with E-state index in [2.05, 4.69) is 35.3 Å². The normalized spacial score (nSPS) is 17.2. The topological polar surface area (TPSA) is 49.7 Å². The van der Waals surface area contributed by atoms with Crippen LogP contribution >= 0.6 is 0 Å². The van der Waals surface area contributed by atoms with Crippen LogP contribution in [-0.4, -0.2) is 21.2 Å². The maximum Gasteiger partial charge on any atom is 0.282 e. The second kappa shape index (κ2) is 7.58. The molecule has 0 aromatic heterocycles. The number of anilines is 1. The summed E-state index contributed by atoms with van der Waals surface area (Å²) in [6, 6.07) is 26.0. The Labute approximate surface area is 178 Å². The summed E-state index contributed by atoms with van der Waals surface area (Å²) in [5.74, 6) is 0. The third kappa shape index (κ3) is 3.57. The number of benzene rings is 3. The van der Waals surface area contributed by atoms with Gasteiger partial charge in [-0.1, -0.05) is 80.6 Å². The van der Waals surface area contributed by atoms with Gasteiger partial charge in [-0.15, -0.1) is 0 Å². The Kier molecular flexibility index (Phi) is 5.08. The molecule has 0 bridgehead atoms. The van der Waals surface area contributed by atoms with Crippen molar-refractivity contribution < 1.29 is 8.42 Å². The van der Waals surface area contributed by atoms with E-state index in [0.29, 0.717) is 5.71 Å². The van der Waals surface area contributed by atoms with Crippen molar-refractivity contribution in [3.8, 4) is 0 Å². The largest absolute Gasteiger partial charge is 0.347 e. The van der Waals surface area contributed by atoms with E-state index >= 15 is 0 Å². The third-order valence-corrected chi connectivity index (χ3v) is 6.85. The first-order valence-electron chi connectivity index (χ1n) is 9.81. The van der Waals surface area contributed by atoms with Crippen LogP contribution in [0.1, 0.15) is 25.0 Å². The van der Waals surface area contributed by atoms with Gasteiger partial charge in [0.25, 0.3) is 10.0 Å². The smallest absolute Gasteiger partial charge is 0.282 e. The van der Waals surface area contributed by atoms with Crippen molar-refractivity contribution in [3.05, 3.63) is 108 Å². The van der Waals surface area contributed by atoms with Gasteiger partial charge in [0.1, 0.15) is 0 Å². The number of sulfonamides is 1. The van der Waals surface area contributed by atoms with Crippen molar-refractivity contribution in [2.24, 2.45) is 4.40 Å². The average Bonchev–Trinajstić information content (AvgIpc) is 2.95. The van der Waals surface area contributed by atoms with Crippen LogP contribution in [0.4, 0.5) is 5.69 Å². The van der Waals surface area contributed by atoms with Crippen LogP contribution in [0.2, 0.25) is 0 Å². The second-order valence-electron chi connectivity index (χ2n) is 7.86. The molecule has 1 aliphatic heterocycles. The van der Waals surface area contributed by atoms with Crippen LogP contribution in [0.25, 0.3) is 0 Å². The van der Waals surface area contributed by atoms with Crippen molar-refractivity contribution >= 4 is 21.4 Å². The molecule has 0 N–H and O–H groups in total. The predicted molar refractivity (Wildman–Crippen MR) is 123 cm³/mol. The van der Waals surface area contributed by atoms with Crippen LogP contribution in [0.3, 0.4) is 0 Å². The molecule has 4 rings (SSSR count). The van der Waals surface area contributed by atoms with Gasteiger partial charge in [-0.2, -0.15) is 12.8 Å². The second-order valence-corrected chi connectivity index (χ2v) is 9.47. The maximum atomic E-state index is 13.0. The molecule has 0 aliphatic carbocycles. The molecule has 1 aliphatic rings. The Balaban J connectivity index is 1.89. The lowest BCUT2D eigenvalue weighted by molar-refractivity contribution is 0.598. The molecule has 3 aromatic carbocycles. The number of nitrogens with zero attached hydrogens (tertiary/aromatic N) is 2. The highest BCUT2D eigenvalue weighted by Gasteiger charge is 2.38. The summed E-state index contributed by atoms with van der Waals surface area (Å²) in [6.45, 7) is 4.30. The molecule has 0 spiro atoms. The highest BCUT2D eigenvalue weighted by Crippen LogP contribution is 2.46. The summed E-state index contributed by atoms with van der Waals surface area (Å²) >= 11 is 0. The molecule has 152 valence electrons. The fraction of sp³-hybridized carbons (Fsp3) is 0.160. The first-order valence-corrected chi connectivity index (χ1v) is 11.3. The molecule has 30 heavy (non-hydrogen) atoms. The van der Waals surface area contributed by atoms with Crippen LogP contribution in [0, 0.1) is 0 Å². The number of hydrogen-bond donors (Lipinski definition) is 0. The lowest BCUT2D eigenvalue weighted by atomic mass is 9.83. The molecule has 0 atom stereocenters. The van der Waals surface area contributed by atoms with Gasteiger partial charge in [-0.25, -0.2) is 0 Å². The standard InChI is InChI=1S/C25H24N2O2S/c1-25(2)21-16-10-11-17-23(21)27(3)24(25)18-22(19-12-6-4-7-13-19)26-30(28,29)20-14-8-5-9-15-20/h4-18H,1-3H3/b24-18+,26-22-. The minimum atomic E-state index is -3.85. The zero-order valence-corrected chi connectivity index (χ0v) is 18.1. The lowest BCUT2D eigenvalue weighted by Crippen LogP contribution is -2.24. The van der Waals surface area contributed by atoms with E-state index in [1.807, 2.05) is 55.6 Å². The van der Waals surface area contributed by atoms with Crippen molar-refractivity contribution in [1.29, 1.82) is 0 Å². The summed E-state index contributed by atoms with van der Waals surface area (Å²) in [7, 11) is -1.84. The SMILES string of the molecule is CN1/C(=C/C(=N/S(=O)(=O)c2ccccc2)c2ccccc2)C(C)(C)c2ccccc21. The zero-order valence-electron chi connectivity index (χ0n) is 17.3. The molecule has 0 unspecified atom stereocenters. The van der Waals surface area contributed by atoms with Crippen LogP contribution < -0.4 is 4.90 Å². The minimum Gasteiger partial charge on any atom is -0.347 e. The predicted octanol–water partition coefficient (Wildman–Crippen LogP) is 5.18. The van der Waals surface area contributed by atoms with Gasteiger partial charge in [0.15, 0.2) is 0 Å². The van der Waals surface area contributed by atoms with Crippen molar-refractivity contribution in [2.45, 2.75) is 24.2 Å². The number of hydrogen-bond acceptors (Lipinski definition) is 3. The number of para-hydroxylation sites is 1. The monoisotopic (exact) mass is 416 g/mol. The molecular weight excluding hydrogens is 392 g/mol. The van der Waals surface area contributed by atoms with E-state index in [1.165, 1.54) is 5.56 Å². The number of fused-ring (bicyclic) bond motifs is 1. The Morgan fingerprint density at radius 2 is 1.43 bits per heavy atom. The zero-order chi connectivity index (χ0) is 21.4. The van der Waals surface area contributed by atoms with E-state index in [0.717, 1.165) is 16.9 Å². The molecule has 1 heterocycles. The van der Waals surface area contributed by atoms with Crippen molar-refractivity contribution in [1.82, 2.24) is 0 Å². The Morgan fingerprint density at radius 3 is 2.07 bits per heavy atom. The highest BCUT2D eigenvalue weighted by atomic mass is 32.2. The van der Waals surface area contributed by atoms with Gasteiger partial charge in [0.05, 0.1) is 10.6 Å². The quantitative estimate of drug-likeness (QED) is 0.551. The molecule has 5 heteroatoms. The van der Waals surface area contributed by atoms with Crippen molar-refractivity contribution in [2.75, 3.05) is 11.9 Å². The first kappa shape index (κ1) is 20.1. The molecule has 0 radical (unpaired) electrons. The van der Waals surface area contributed by atoms with Crippen LogP contribution in [-0.2, 0) is 15.4 Å². The molecule has 0 saturated carbocycles. The minimum absolute atomic E-state index is 0.180. The third-order valence-electron chi connectivity index (χ3n) is 5.54. The van der Waals surface area contributed by atoms with Gasteiger partial charge < -0.3 is 4.90 Å². The average molecular weight is 417 g/mol. The fourth-order valence-electron chi connectivity index (χ4n) is 3.93. The van der Waals surface area contributed by atoms with E-state index in [1.54, 1.807) is 30.3 Å². The Hall–Kier alpha value is -3.18. The molecule has 0 saturated heterocycles. The fourth-order valence-corrected chi connectivity index (χ4v) is 4.96. The van der Waals surface area contributed by atoms with Gasteiger partial charge in [-0.05, 0) is 29.8 Å². The summed E-state index contributed by atoms with van der Waals surface area (Å²) < 4.78 is 30.3. The number of likely N-dealkylation sites (N-methyl/N-ethyl adjacent to an activating group) is 1. The van der Waals surface area contributed by atoms with Gasteiger partial charge >= 0.3 is 0 Å². The van der Waals surface area contributed by atoms with E-state index < -0.39 is 10.0 Å². The maximum absolute atomic E-state index is 13.0.